The smallest absolute Gasteiger partial charge is 0.0971 e. The maximum absolute atomic E-state index is 4.50. The molecule has 0 aliphatic heterocycles. The van der Waals surface area contributed by atoms with Crippen molar-refractivity contribution in [2.75, 3.05) is 0 Å². The molecule has 1 aromatic heterocycles. The fourth-order valence-corrected chi connectivity index (χ4v) is 4.01. The van der Waals surface area contributed by atoms with E-state index in [0.29, 0.717) is 5.92 Å². The fourth-order valence-electron chi connectivity index (χ4n) is 4.01. The van der Waals surface area contributed by atoms with Crippen LogP contribution < -0.4 is 0 Å². The Morgan fingerprint density at radius 2 is 1.11 bits per heavy atom. The molecule has 2 heteroatoms. The highest BCUT2D eigenvalue weighted by molar-refractivity contribution is 6.22. The first-order chi connectivity index (χ1) is 13.8. The van der Waals surface area contributed by atoms with Gasteiger partial charge in [0.15, 0.2) is 0 Å². The highest BCUT2D eigenvalue weighted by atomic mass is 14.8. The third-order valence-electron chi connectivity index (χ3n) is 5.40. The van der Waals surface area contributed by atoms with Gasteiger partial charge in [-0.3, -0.25) is 9.97 Å². The van der Waals surface area contributed by atoms with Gasteiger partial charge in [-0.1, -0.05) is 91.9 Å². The lowest BCUT2D eigenvalue weighted by molar-refractivity contribution is 0.990. The molecule has 0 amide bonds. The van der Waals surface area contributed by atoms with Gasteiger partial charge in [0.2, 0.25) is 0 Å². The summed E-state index contributed by atoms with van der Waals surface area (Å²) in [6, 6.07) is 25.3. The van der Waals surface area contributed by atoms with Crippen LogP contribution in [-0.4, -0.2) is 9.97 Å². The van der Waals surface area contributed by atoms with Crippen LogP contribution in [0, 0.1) is 0 Å². The molecule has 0 bridgehead atoms. The standard InChI is InChI=1S/C16H10N2.C10H10/c1-3-7-13-11(5-1)12-6-2-4-8-14(12)16-15(13)17-9-10-18-16;1-8-6-7-9-4-2-3-5-10(8)9/h1-10H;2-8H,1H3. The Kier molecular flexibility index (Phi) is 4.10. The lowest BCUT2D eigenvalue weighted by Crippen LogP contribution is -1.87. The van der Waals surface area contributed by atoms with Crippen molar-refractivity contribution in [2.45, 2.75) is 12.8 Å². The van der Waals surface area contributed by atoms with Crippen LogP contribution in [0.1, 0.15) is 24.0 Å². The lowest BCUT2D eigenvalue weighted by Gasteiger charge is -2.07. The van der Waals surface area contributed by atoms with E-state index in [1.807, 2.05) is 12.1 Å². The van der Waals surface area contributed by atoms with Crippen molar-refractivity contribution in [1.82, 2.24) is 9.97 Å². The zero-order valence-electron chi connectivity index (χ0n) is 15.7. The van der Waals surface area contributed by atoms with E-state index in [4.69, 9.17) is 0 Å². The monoisotopic (exact) mass is 360 g/mol. The maximum Gasteiger partial charge on any atom is 0.0971 e. The predicted octanol–water partition coefficient (Wildman–Crippen LogP) is 6.75. The molecule has 1 aliphatic rings. The van der Waals surface area contributed by atoms with Crippen molar-refractivity contribution in [3.63, 3.8) is 0 Å². The molecule has 6 rings (SSSR count). The number of allylic oxidation sites excluding steroid dienone is 1. The molecule has 134 valence electrons. The molecule has 0 fully saturated rings. The number of fused-ring (bicyclic) bond motifs is 7. The molecule has 0 N–H and O–H groups in total. The number of hydrogen-bond donors (Lipinski definition) is 0. The van der Waals surface area contributed by atoms with Crippen LogP contribution in [0.4, 0.5) is 0 Å². The number of benzene rings is 4. The first kappa shape index (κ1) is 16.6. The van der Waals surface area contributed by atoms with Gasteiger partial charge in [-0.25, -0.2) is 0 Å². The van der Waals surface area contributed by atoms with Crippen molar-refractivity contribution < 1.29 is 0 Å². The second kappa shape index (κ2) is 6.90. The van der Waals surface area contributed by atoms with Crippen LogP contribution in [0.25, 0.3) is 38.7 Å². The number of aromatic nitrogens is 2. The normalized spacial score (nSPS) is 14.8. The second-order valence-electron chi connectivity index (χ2n) is 7.12. The minimum Gasteiger partial charge on any atom is -0.252 e. The molecular weight excluding hydrogens is 340 g/mol. The van der Waals surface area contributed by atoms with E-state index in [1.165, 1.54) is 32.7 Å². The molecule has 4 aromatic carbocycles. The largest absolute Gasteiger partial charge is 0.252 e. The average molecular weight is 360 g/mol. The molecule has 5 aromatic rings. The van der Waals surface area contributed by atoms with Gasteiger partial charge in [0.05, 0.1) is 11.0 Å². The zero-order valence-corrected chi connectivity index (χ0v) is 15.7. The van der Waals surface area contributed by atoms with E-state index in [1.54, 1.807) is 12.4 Å². The van der Waals surface area contributed by atoms with E-state index >= 15 is 0 Å². The van der Waals surface area contributed by atoms with E-state index in [0.717, 1.165) is 11.0 Å². The highest BCUT2D eigenvalue weighted by Crippen LogP contribution is 2.32. The van der Waals surface area contributed by atoms with Crippen LogP contribution >= 0.6 is 0 Å². The summed E-state index contributed by atoms with van der Waals surface area (Å²) in [7, 11) is 0. The summed E-state index contributed by atoms with van der Waals surface area (Å²) in [5.41, 5.74) is 4.80. The van der Waals surface area contributed by atoms with Crippen LogP contribution in [0.5, 0.6) is 0 Å². The van der Waals surface area contributed by atoms with Crippen molar-refractivity contribution in [1.29, 1.82) is 0 Å². The third-order valence-corrected chi connectivity index (χ3v) is 5.40. The van der Waals surface area contributed by atoms with Crippen LogP contribution in [0.3, 0.4) is 0 Å². The molecule has 0 saturated heterocycles. The fraction of sp³-hybridized carbons (Fsp3) is 0.0769. The Morgan fingerprint density at radius 3 is 1.68 bits per heavy atom. The summed E-state index contributed by atoms with van der Waals surface area (Å²) in [4.78, 5) is 8.99. The van der Waals surface area contributed by atoms with E-state index < -0.39 is 0 Å². The third kappa shape index (κ3) is 2.74. The second-order valence-corrected chi connectivity index (χ2v) is 7.12. The summed E-state index contributed by atoms with van der Waals surface area (Å²) < 4.78 is 0. The minimum absolute atomic E-state index is 0.621. The Hall–Kier alpha value is -3.52. The molecule has 1 heterocycles. The Bertz CT molecular complexity index is 1110. The molecular formula is C26H20N2. The van der Waals surface area contributed by atoms with Crippen molar-refractivity contribution >= 4 is 38.7 Å². The summed E-state index contributed by atoms with van der Waals surface area (Å²) in [5.74, 6) is 0.621. The summed E-state index contributed by atoms with van der Waals surface area (Å²) in [5, 5.41) is 4.81. The molecule has 1 unspecified atom stereocenters. The summed E-state index contributed by atoms with van der Waals surface area (Å²) >= 11 is 0. The average Bonchev–Trinajstić information content (AvgIpc) is 3.16. The lowest BCUT2D eigenvalue weighted by atomic mass is 10.00. The zero-order chi connectivity index (χ0) is 18.9. The topological polar surface area (TPSA) is 25.8 Å². The summed E-state index contributed by atoms with van der Waals surface area (Å²) in [6.45, 7) is 2.22. The molecule has 2 nitrogen and oxygen atoms in total. The summed E-state index contributed by atoms with van der Waals surface area (Å²) in [6.07, 6.45) is 7.94. The van der Waals surface area contributed by atoms with Crippen LogP contribution in [-0.2, 0) is 0 Å². The Balaban J connectivity index is 0.000000145. The molecule has 28 heavy (non-hydrogen) atoms. The van der Waals surface area contributed by atoms with Gasteiger partial charge in [0.25, 0.3) is 0 Å². The van der Waals surface area contributed by atoms with Gasteiger partial charge < -0.3 is 0 Å². The molecule has 0 radical (unpaired) electrons. The first-order valence-corrected chi connectivity index (χ1v) is 9.60. The maximum atomic E-state index is 4.50. The number of rotatable bonds is 0. The van der Waals surface area contributed by atoms with Crippen molar-refractivity contribution in [3.05, 3.63) is 102 Å². The highest BCUT2D eigenvalue weighted by Gasteiger charge is 2.10. The SMILES string of the molecule is CC1C=Cc2ccccc21.c1ccc2c(c1)c1ccccc1c1nccnc21. The van der Waals surface area contributed by atoms with E-state index in [2.05, 4.69) is 89.7 Å². The molecule has 0 saturated carbocycles. The molecule has 0 spiro atoms. The first-order valence-electron chi connectivity index (χ1n) is 9.60. The quantitative estimate of drug-likeness (QED) is 0.285. The number of nitrogens with zero attached hydrogens (tertiary/aromatic N) is 2. The van der Waals surface area contributed by atoms with Crippen molar-refractivity contribution in [3.8, 4) is 0 Å². The van der Waals surface area contributed by atoms with E-state index in [9.17, 15) is 0 Å². The molecule has 1 aliphatic carbocycles. The van der Waals surface area contributed by atoms with Gasteiger partial charge in [0.1, 0.15) is 0 Å². The predicted molar refractivity (Wildman–Crippen MR) is 118 cm³/mol. The van der Waals surface area contributed by atoms with Gasteiger partial charge in [-0.2, -0.15) is 0 Å². The number of hydrogen-bond acceptors (Lipinski definition) is 2. The minimum atomic E-state index is 0.621. The van der Waals surface area contributed by atoms with Gasteiger partial charge in [-0.15, -0.1) is 0 Å². The Labute approximate surface area is 164 Å². The molecule has 1 atom stereocenters. The van der Waals surface area contributed by atoms with E-state index in [-0.39, 0.29) is 0 Å². The Morgan fingerprint density at radius 1 is 0.607 bits per heavy atom. The van der Waals surface area contributed by atoms with Crippen LogP contribution in [0.2, 0.25) is 0 Å². The van der Waals surface area contributed by atoms with Crippen LogP contribution in [0.15, 0.2) is 91.3 Å². The van der Waals surface area contributed by atoms with Gasteiger partial charge in [-0.05, 0) is 27.8 Å². The van der Waals surface area contributed by atoms with Gasteiger partial charge in [0, 0.05) is 23.2 Å². The van der Waals surface area contributed by atoms with Gasteiger partial charge >= 0.3 is 0 Å². The van der Waals surface area contributed by atoms with Crippen molar-refractivity contribution in [2.24, 2.45) is 0 Å².